The van der Waals surface area contributed by atoms with Gasteiger partial charge in [0.15, 0.2) is 0 Å². The highest BCUT2D eigenvalue weighted by Crippen LogP contribution is 2.10. The zero-order chi connectivity index (χ0) is 12.8. The second-order valence-electron chi connectivity index (χ2n) is 4.18. The molecule has 0 aliphatic rings. The summed E-state index contributed by atoms with van der Waals surface area (Å²) in [6, 6.07) is 0. The summed E-state index contributed by atoms with van der Waals surface area (Å²) < 4.78 is 23.0. The van der Waals surface area contributed by atoms with Crippen LogP contribution < -0.4 is 0 Å². The van der Waals surface area contributed by atoms with E-state index in [0.29, 0.717) is 6.61 Å². The van der Waals surface area contributed by atoms with E-state index in [9.17, 15) is 4.21 Å². The van der Waals surface area contributed by atoms with Crippen molar-refractivity contribution in [2.45, 2.75) is 64.2 Å². The molecule has 1 N–H and O–H groups in total. The molecule has 100 valence electrons. The largest absolute Gasteiger partial charge is 0.301 e. The maximum atomic E-state index is 10.2. The van der Waals surface area contributed by atoms with Crippen molar-refractivity contribution < 1.29 is 12.9 Å². The molecule has 0 amide bonds. The van der Waals surface area contributed by atoms with Crippen LogP contribution in [0.15, 0.2) is 0 Å². The first-order chi connectivity index (χ1) is 8.27. The molecule has 4 heteroatoms. The highest BCUT2D eigenvalue weighted by atomic mass is 32.2. The minimum Gasteiger partial charge on any atom is -0.284 e. The Morgan fingerprint density at radius 2 is 1.41 bits per heavy atom. The van der Waals surface area contributed by atoms with Crippen LogP contribution >= 0.6 is 0 Å². The Morgan fingerprint density at radius 3 is 1.88 bits per heavy atom. The summed E-state index contributed by atoms with van der Waals surface area (Å²) in [7, 11) is 0. The van der Waals surface area contributed by atoms with Crippen molar-refractivity contribution in [2.24, 2.45) is 0 Å². The quantitative estimate of drug-likeness (QED) is 0.331. The van der Waals surface area contributed by atoms with E-state index in [4.69, 9.17) is 11.0 Å². The van der Waals surface area contributed by atoms with Crippen molar-refractivity contribution >= 4 is 11.4 Å². The normalized spacial score (nSPS) is 12.2. The van der Waals surface area contributed by atoms with Crippen LogP contribution in [0.25, 0.3) is 0 Å². The van der Waals surface area contributed by atoms with Crippen molar-refractivity contribution in [2.75, 3.05) is 6.61 Å². The van der Waals surface area contributed by atoms with Gasteiger partial charge in [0.25, 0.3) is 0 Å². The summed E-state index contributed by atoms with van der Waals surface area (Å²) in [6.07, 6.45) is 16.7. The third-order valence-corrected chi connectivity index (χ3v) is 3.02. The summed E-state index contributed by atoms with van der Waals surface area (Å²) >= 11 is -2.09. The van der Waals surface area contributed by atoms with Gasteiger partial charge in [-0.25, -0.2) is 0 Å². The molecule has 3 nitrogen and oxygen atoms in total. The average molecular weight is 260 g/mol. The Labute approximate surface area is 108 Å². The van der Waals surface area contributed by atoms with Crippen molar-refractivity contribution in [3.8, 4) is 12.3 Å². The Balaban J connectivity index is 2.94. The molecule has 0 saturated heterocycles. The van der Waals surface area contributed by atoms with Crippen molar-refractivity contribution in [3.63, 3.8) is 0 Å². The summed E-state index contributed by atoms with van der Waals surface area (Å²) in [6.45, 7) is 0.384. The molecule has 1 atom stereocenters. The molecule has 0 aromatic rings. The minimum absolute atomic E-state index is 0.384. The molecule has 0 bridgehead atoms. The average Bonchev–Trinajstić information content (AvgIpc) is 2.30. The number of unbranched alkanes of at least 4 members (excludes halogenated alkanes) is 9. The zero-order valence-electron chi connectivity index (χ0n) is 10.5. The fourth-order valence-electron chi connectivity index (χ4n) is 1.70. The third-order valence-electron chi connectivity index (χ3n) is 2.65. The lowest BCUT2D eigenvalue weighted by Gasteiger charge is -2.01. The van der Waals surface area contributed by atoms with Gasteiger partial charge >= 0.3 is 11.4 Å². The van der Waals surface area contributed by atoms with Gasteiger partial charge in [-0.2, -0.15) is 4.21 Å². The molecular formula is C13H24O3S. The number of rotatable bonds is 12. The van der Waals surface area contributed by atoms with Crippen LogP contribution in [0.3, 0.4) is 0 Å². The van der Waals surface area contributed by atoms with E-state index in [1.54, 1.807) is 0 Å². The van der Waals surface area contributed by atoms with Crippen molar-refractivity contribution in [3.05, 3.63) is 0 Å². The highest BCUT2D eigenvalue weighted by molar-refractivity contribution is 7.74. The van der Waals surface area contributed by atoms with Gasteiger partial charge in [0.05, 0.1) is 6.61 Å². The molecular weight excluding hydrogens is 236 g/mol. The van der Waals surface area contributed by atoms with E-state index in [1.165, 1.54) is 38.5 Å². The van der Waals surface area contributed by atoms with Crippen LogP contribution in [0.1, 0.15) is 64.2 Å². The number of terminal acetylenes is 1. The van der Waals surface area contributed by atoms with Crippen LogP contribution in [-0.2, 0) is 15.5 Å². The van der Waals surface area contributed by atoms with Crippen molar-refractivity contribution in [1.29, 1.82) is 0 Å². The van der Waals surface area contributed by atoms with Crippen LogP contribution in [0.5, 0.6) is 0 Å². The topological polar surface area (TPSA) is 46.5 Å². The zero-order valence-corrected chi connectivity index (χ0v) is 11.3. The Hall–Kier alpha value is -0.370. The molecule has 17 heavy (non-hydrogen) atoms. The third kappa shape index (κ3) is 15.6. The molecule has 0 radical (unpaired) electrons. The van der Waals surface area contributed by atoms with E-state index in [-0.39, 0.29) is 0 Å². The second-order valence-corrected chi connectivity index (χ2v) is 4.85. The van der Waals surface area contributed by atoms with Gasteiger partial charge in [0, 0.05) is 6.42 Å². The van der Waals surface area contributed by atoms with E-state index in [1.807, 2.05) is 0 Å². The fourth-order valence-corrected chi connectivity index (χ4v) is 1.96. The molecule has 0 aromatic heterocycles. The van der Waals surface area contributed by atoms with Gasteiger partial charge in [-0.15, -0.1) is 12.3 Å². The molecule has 0 saturated carbocycles. The van der Waals surface area contributed by atoms with E-state index in [0.717, 1.165) is 25.7 Å². The monoisotopic (exact) mass is 260 g/mol. The maximum absolute atomic E-state index is 10.2. The first-order valence-electron chi connectivity index (χ1n) is 6.45. The highest BCUT2D eigenvalue weighted by Gasteiger charge is 1.95. The van der Waals surface area contributed by atoms with Gasteiger partial charge < -0.3 is 0 Å². The molecule has 0 rings (SSSR count). The summed E-state index contributed by atoms with van der Waals surface area (Å²) in [4.78, 5) is 0. The first kappa shape index (κ1) is 16.6. The first-order valence-corrected chi connectivity index (χ1v) is 7.48. The van der Waals surface area contributed by atoms with E-state index >= 15 is 0 Å². The SMILES string of the molecule is C#CCCCCCCCCCCCOS(=O)O. The van der Waals surface area contributed by atoms with Crippen LogP contribution in [-0.4, -0.2) is 15.4 Å². The predicted molar refractivity (Wildman–Crippen MR) is 71.7 cm³/mol. The van der Waals surface area contributed by atoms with Gasteiger partial charge in [0.1, 0.15) is 0 Å². The molecule has 0 fully saturated rings. The lowest BCUT2D eigenvalue weighted by molar-refractivity contribution is 0.296. The lowest BCUT2D eigenvalue weighted by atomic mass is 10.1. The Bertz CT molecular complexity index is 223. The smallest absolute Gasteiger partial charge is 0.284 e. The van der Waals surface area contributed by atoms with Gasteiger partial charge in [0.2, 0.25) is 0 Å². The molecule has 1 unspecified atom stereocenters. The number of hydrogen-bond acceptors (Lipinski definition) is 2. The second kappa shape index (κ2) is 13.7. The Morgan fingerprint density at radius 1 is 0.941 bits per heavy atom. The molecule has 0 aliphatic heterocycles. The van der Waals surface area contributed by atoms with Crippen LogP contribution in [0.2, 0.25) is 0 Å². The van der Waals surface area contributed by atoms with Crippen molar-refractivity contribution in [1.82, 2.24) is 0 Å². The summed E-state index contributed by atoms with van der Waals surface area (Å²) in [5.41, 5.74) is 0. The molecule has 0 aliphatic carbocycles. The summed E-state index contributed by atoms with van der Waals surface area (Å²) in [5.74, 6) is 2.66. The van der Waals surface area contributed by atoms with Gasteiger partial charge in [-0.3, -0.25) is 8.74 Å². The molecule has 0 heterocycles. The van der Waals surface area contributed by atoms with Gasteiger partial charge in [-0.1, -0.05) is 44.9 Å². The van der Waals surface area contributed by atoms with E-state index < -0.39 is 11.4 Å². The molecule has 0 aromatic carbocycles. The van der Waals surface area contributed by atoms with Gasteiger partial charge in [-0.05, 0) is 12.8 Å². The summed E-state index contributed by atoms with van der Waals surface area (Å²) in [5, 5.41) is 0. The Kier molecular flexibility index (Phi) is 13.4. The lowest BCUT2D eigenvalue weighted by Crippen LogP contribution is -1.97. The van der Waals surface area contributed by atoms with Crippen LogP contribution in [0, 0.1) is 12.3 Å². The molecule has 0 spiro atoms. The fraction of sp³-hybridized carbons (Fsp3) is 0.846. The minimum atomic E-state index is -2.09. The number of hydrogen-bond donors (Lipinski definition) is 1. The van der Waals surface area contributed by atoms with Crippen LogP contribution in [0.4, 0.5) is 0 Å². The predicted octanol–water partition coefficient (Wildman–Crippen LogP) is 3.67. The van der Waals surface area contributed by atoms with E-state index in [2.05, 4.69) is 10.1 Å². The standard InChI is InChI=1S/C13H24O3S/c1-2-3-4-5-6-7-8-9-10-11-12-13-16-17(14)15/h1H,3-13H2,(H,14,15). The maximum Gasteiger partial charge on any atom is 0.301 e.